The first-order chi connectivity index (χ1) is 9.11. The van der Waals surface area contributed by atoms with Gasteiger partial charge in [-0.2, -0.15) is 11.8 Å². The lowest BCUT2D eigenvalue weighted by atomic mass is 9.98. The summed E-state index contributed by atoms with van der Waals surface area (Å²) in [5, 5.41) is 0.755. The van der Waals surface area contributed by atoms with Gasteiger partial charge in [0.25, 0.3) is 0 Å². The molecule has 106 valence electrons. The summed E-state index contributed by atoms with van der Waals surface area (Å²) < 4.78 is 1.13. The largest absolute Gasteiger partial charge is 0.326 e. The van der Waals surface area contributed by atoms with E-state index in [2.05, 4.69) is 70.7 Å². The Morgan fingerprint density at radius 3 is 2.68 bits per heavy atom. The molecule has 1 aliphatic heterocycles. The highest BCUT2D eigenvalue weighted by Gasteiger charge is 2.28. The van der Waals surface area contributed by atoms with Crippen molar-refractivity contribution in [3.63, 3.8) is 0 Å². The minimum absolute atomic E-state index is 0.154. The fourth-order valence-electron chi connectivity index (χ4n) is 2.75. The summed E-state index contributed by atoms with van der Waals surface area (Å²) in [5.74, 6) is 1.22. The van der Waals surface area contributed by atoms with Crippen molar-refractivity contribution in [2.24, 2.45) is 5.73 Å². The summed E-state index contributed by atoms with van der Waals surface area (Å²) in [4.78, 5) is 2.57. The van der Waals surface area contributed by atoms with Crippen molar-refractivity contribution in [1.29, 1.82) is 0 Å². The molecule has 0 amide bonds. The molecule has 3 atom stereocenters. The van der Waals surface area contributed by atoms with Gasteiger partial charge in [0.2, 0.25) is 0 Å². The number of nitrogens with two attached hydrogens (primary N) is 1. The van der Waals surface area contributed by atoms with Gasteiger partial charge in [0, 0.05) is 40.6 Å². The molecule has 0 bridgehead atoms. The number of thioether (sulfide) groups is 1. The molecular weight excluding hydrogens is 320 g/mol. The molecular formula is C15H23BrN2S. The first-order valence-electron chi connectivity index (χ1n) is 6.98. The van der Waals surface area contributed by atoms with Crippen LogP contribution in [-0.4, -0.2) is 35.0 Å². The molecule has 1 aromatic carbocycles. The number of hydrogen-bond donors (Lipinski definition) is 1. The summed E-state index contributed by atoms with van der Waals surface area (Å²) in [6.45, 7) is 6.70. The van der Waals surface area contributed by atoms with Gasteiger partial charge >= 0.3 is 0 Å². The molecule has 3 unspecified atom stereocenters. The molecule has 1 heterocycles. The van der Waals surface area contributed by atoms with E-state index in [1.807, 2.05) is 0 Å². The second-order valence-corrected chi connectivity index (χ2v) is 7.58. The lowest BCUT2D eigenvalue weighted by Gasteiger charge is -2.39. The maximum absolute atomic E-state index is 6.26. The topological polar surface area (TPSA) is 29.3 Å². The number of halogens is 1. The van der Waals surface area contributed by atoms with Gasteiger partial charge in [-0.3, -0.25) is 4.90 Å². The van der Waals surface area contributed by atoms with Crippen LogP contribution in [0, 0.1) is 0 Å². The Labute approximate surface area is 129 Å². The highest BCUT2D eigenvalue weighted by Crippen LogP contribution is 2.30. The van der Waals surface area contributed by atoms with E-state index in [1.165, 1.54) is 17.7 Å². The van der Waals surface area contributed by atoms with Gasteiger partial charge in [-0.05, 0) is 31.0 Å². The molecule has 2 N–H and O–H groups in total. The van der Waals surface area contributed by atoms with Crippen molar-refractivity contribution in [3.8, 4) is 0 Å². The minimum atomic E-state index is 0.154. The van der Waals surface area contributed by atoms with E-state index in [-0.39, 0.29) is 6.04 Å². The molecule has 1 aliphatic rings. The number of nitrogens with zero attached hydrogens (tertiary/aromatic N) is 1. The summed E-state index contributed by atoms with van der Waals surface area (Å²) >= 11 is 5.60. The van der Waals surface area contributed by atoms with E-state index in [9.17, 15) is 0 Å². The van der Waals surface area contributed by atoms with Gasteiger partial charge in [0.05, 0.1) is 0 Å². The predicted molar refractivity (Wildman–Crippen MR) is 88.6 cm³/mol. The van der Waals surface area contributed by atoms with Crippen molar-refractivity contribution >= 4 is 27.7 Å². The monoisotopic (exact) mass is 342 g/mol. The lowest BCUT2D eigenvalue weighted by Crippen LogP contribution is -2.46. The average molecular weight is 343 g/mol. The summed E-state index contributed by atoms with van der Waals surface area (Å²) in [7, 11) is 0. The fraction of sp³-hybridized carbons (Fsp3) is 0.600. The number of benzene rings is 1. The lowest BCUT2D eigenvalue weighted by molar-refractivity contribution is 0.181. The zero-order chi connectivity index (χ0) is 13.8. The summed E-state index contributed by atoms with van der Waals surface area (Å²) in [6, 6.07) is 9.10. The normalized spacial score (nSPS) is 24.1. The van der Waals surface area contributed by atoms with Gasteiger partial charge in [-0.15, -0.1) is 0 Å². The fourth-order valence-corrected chi connectivity index (χ4v) is 4.22. The van der Waals surface area contributed by atoms with E-state index in [4.69, 9.17) is 5.73 Å². The second kappa shape index (κ2) is 7.11. The van der Waals surface area contributed by atoms with E-state index in [1.54, 1.807) is 0 Å². The standard InChI is InChI=1S/C15H23BrN2S/c1-3-14-10-18(8-9-19-14)15(11(2)17)12-4-6-13(16)7-5-12/h4-7,11,14-15H,3,8-10,17H2,1-2H3. The zero-order valence-corrected chi connectivity index (χ0v) is 14.1. The average Bonchev–Trinajstić information content (AvgIpc) is 2.41. The Balaban J connectivity index is 2.17. The van der Waals surface area contributed by atoms with Gasteiger partial charge in [0.1, 0.15) is 0 Å². The third-order valence-electron chi connectivity index (χ3n) is 3.73. The maximum Gasteiger partial charge on any atom is 0.0497 e. The molecule has 4 heteroatoms. The molecule has 1 saturated heterocycles. The van der Waals surface area contributed by atoms with Gasteiger partial charge in [0.15, 0.2) is 0 Å². The van der Waals surface area contributed by atoms with Crippen LogP contribution in [0.25, 0.3) is 0 Å². The van der Waals surface area contributed by atoms with Crippen molar-refractivity contribution in [2.45, 2.75) is 37.6 Å². The Morgan fingerprint density at radius 1 is 1.42 bits per heavy atom. The Morgan fingerprint density at radius 2 is 2.11 bits per heavy atom. The second-order valence-electron chi connectivity index (χ2n) is 5.25. The van der Waals surface area contributed by atoms with E-state index < -0.39 is 0 Å². The quantitative estimate of drug-likeness (QED) is 0.905. The van der Waals surface area contributed by atoms with E-state index in [0.717, 1.165) is 22.8 Å². The van der Waals surface area contributed by atoms with E-state index >= 15 is 0 Å². The van der Waals surface area contributed by atoms with Gasteiger partial charge in [-0.25, -0.2) is 0 Å². The van der Waals surface area contributed by atoms with Crippen LogP contribution >= 0.6 is 27.7 Å². The summed E-state index contributed by atoms with van der Waals surface area (Å²) in [5.41, 5.74) is 7.60. The van der Waals surface area contributed by atoms with Crippen LogP contribution in [0.1, 0.15) is 31.9 Å². The molecule has 19 heavy (non-hydrogen) atoms. The third-order valence-corrected chi connectivity index (χ3v) is 5.63. The van der Waals surface area contributed by atoms with Crippen LogP contribution in [0.2, 0.25) is 0 Å². The van der Waals surface area contributed by atoms with Crippen LogP contribution in [0.15, 0.2) is 28.7 Å². The molecule has 0 aliphatic carbocycles. The first kappa shape index (κ1) is 15.4. The number of rotatable bonds is 4. The SMILES string of the molecule is CCC1CN(C(c2ccc(Br)cc2)C(C)N)CCS1. The smallest absolute Gasteiger partial charge is 0.0497 e. The molecule has 1 fully saturated rings. The van der Waals surface area contributed by atoms with Gasteiger partial charge < -0.3 is 5.73 Å². The molecule has 0 radical (unpaired) electrons. The van der Waals surface area contributed by atoms with Gasteiger partial charge in [-0.1, -0.05) is 35.0 Å². The third kappa shape index (κ3) is 3.97. The molecule has 0 aromatic heterocycles. The van der Waals surface area contributed by atoms with Crippen molar-refractivity contribution in [2.75, 3.05) is 18.8 Å². The molecule has 2 rings (SSSR count). The van der Waals surface area contributed by atoms with Crippen LogP contribution in [0.3, 0.4) is 0 Å². The highest BCUT2D eigenvalue weighted by atomic mass is 79.9. The van der Waals surface area contributed by atoms with Crippen molar-refractivity contribution < 1.29 is 0 Å². The highest BCUT2D eigenvalue weighted by molar-refractivity contribution is 9.10. The summed E-state index contributed by atoms with van der Waals surface area (Å²) in [6.07, 6.45) is 1.24. The zero-order valence-electron chi connectivity index (χ0n) is 11.7. The van der Waals surface area contributed by atoms with Crippen LogP contribution in [0.4, 0.5) is 0 Å². The van der Waals surface area contributed by atoms with Crippen molar-refractivity contribution in [3.05, 3.63) is 34.3 Å². The minimum Gasteiger partial charge on any atom is -0.326 e. The Kier molecular flexibility index (Phi) is 5.75. The van der Waals surface area contributed by atoms with Crippen LogP contribution in [-0.2, 0) is 0 Å². The first-order valence-corrected chi connectivity index (χ1v) is 8.82. The van der Waals surface area contributed by atoms with Crippen LogP contribution in [0.5, 0.6) is 0 Å². The number of hydrogen-bond acceptors (Lipinski definition) is 3. The van der Waals surface area contributed by atoms with Crippen LogP contribution < -0.4 is 5.73 Å². The molecule has 0 spiro atoms. The molecule has 0 saturated carbocycles. The Bertz CT molecular complexity index is 394. The molecule has 1 aromatic rings. The Hall–Kier alpha value is -0.0300. The maximum atomic E-state index is 6.26. The molecule has 2 nitrogen and oxygen atoms in total. The predicted octanol–water partition coefficient (Wildman–Crippen LogP) is 3.66. The van der Waals surface area contributed by atoms with E-state index in [0.29, 0.717) is 6.04 Å². The van der Waals surface area contributed by atoms with Crippen molar-refractivity contribution in [1.82, 2.24) is 4.90 Å².